The Hall–Kier alpha value is -1.05. The molecule has 0 N–H and O–H groups in total. The van der Waals surface area contributed by atoms with E-state index in [1.807, 2.05) is 12.4 Å². The first kappa shape index (κ1) is 8.54. The van der Waals surface area contributed by atoms with Crippen molar-refractivity contribution in [1.82, 2.24) is 4.98 Å². The molecule has 0 aromatic carbocycles. The van der Waals surface area contributed by atoms with Crippen LogP contribution in [0.5, 0.6) is 0 Å². The maximum atomic E-state index is 4.20. The molecule has 0 amide bonds. The normalized spacial score (nSPS) is 20.9. The zero-order valence-corrected chi connectivity index (χ0v) is 8.49. The molecule has 0 saturated heterocycles. The molecule has 2 nitrogen and oxygen atoms in total. The average molecular weight is 176 g/mol. The lowest BCUT2D eigenvalue weighted by molar-refractivity contribution is 0.520. The van der Waals surface area contributed by atoms with Crippen LogP contribution in [0.25, 0.3) is 0 Å². The molecule has 13 heavy (non-hydrogen) atoms. The summed E-state index contributed by atoms with van der Waals surface area (Å²) in [5.74, 6) is 1.36. The molecule has 1 aromatic rings. The zero-order valence-electron chi connectivity index (χ0n) is 8.49. The van der Waals surface area contributed by atoms with E-state index < -0.39 is 0 Å². The standard InChI is InChI=1S/C11H16N2/c1-8(2)10-7-13(3)11-4-5-12-6-9(10)11/h4-6,8,10H,7H2,1-3H3. The Kier molecular flexibility index (Phi) is 1.98. The summed E-state index contributed by atoms with van der Waals surface area (Å²) < 4.78 is 0. The lowest BCUT2D eigenvalue weighted by Crippen LogP contribution is -2.17. The van der Waals surface area contributed by atoms with Crippen LogP contribution in [0.2, 0.25) is 0 Å². The molecule has 0 aliphatic carbocycles. The highest BCUT2D eigenvalue weighted by Gasteiger charge is 2.28. The van der Waals surface area contributed by atoms with Crippen molar-refractivity contribution in [2.75, 3.05) is 18.5 Å². The molecule has 1 unspecified atom stereocenters. The highest BCUT2D eigenvalue weighted by atomic mass is 15.1. The SMILES string of the molecule is CC(C)C1CN(C)c2ccncc21. The lowest BCUT2D eigenvalue weighted by atomic mass is 9.91. The number of hydrogen-bond acceptors (Lipinski definition) is 2. The first-order valence-corrected chi connectivity index (χ1v) is 4.85. The second-order valence-corrected chi connectivity index (χ2v) is 4.17. The fraction of sp³-hybridized carbons (Fsp3) is 0.545. The van der Waals surface area contributed by atoms with Crippen molar-refractivity contribution in [1.29, 1.82) is 0 Å². The van der Waals surface area contributed by atoms with Crippen molar-refractivity contribution >= 4 is 5.69 Å². The Balaban J connectivity index is 2.41. The maximum Gasteiger partial charge on any atom is 0.0430 e. The van der Waals surface area contributed by atoms with E-state index in [9.17, 15) is 0 Å². The molecule has 2 rings (SSSR count). The van der Waals surface area contributed by atoms with E-state index >= 15 is 0 Å². The molecule has 70 valence electrons. The summed E-state index contributed by atoms with van der Waals surface area (Å²) in [6, 6.07) is 2.11. The Bertz CT molecular complexity index is 307. The summed E-state index contributed by atoms with van der Waals surface area (Å²) in [5, 5.41) is 0. The van der Waals surface area contributed by atoms with Gasteiger partial charge in [0.2, 0.25) is 0 Å². The Morgan fingerprint density at radius 1 is 1.54 bits per heavy atom. The van der Waals surface area contributed by atoms with Crippen molar-refractivity contribution in [2.45, 2.75) is 19.8 Å². The van der Waals surface area contributed by atoms with Crippen LogP contribution in [0.4, 0.5) is 5.69 Å². The van der Waals surface area contributed by atoms with Crippen molar-refractivity contribution in [3.05, 3.63) is 24.0 Å². The van der Waals surface area contributed by atoms with Crippen molar-refractivity contribution in [3.63, 3.8) is 0 Å². The van der Waals surface area contributed by atoms with Gasteiger partial charge in [-0.25, -0.2) is 0 Å². The third-order valence-corrected chi connectivity index (χ3v) is 2.91. The van der Waals surface area contributed by atoms with Gasteiger partial charge >= 0.3 is 0 Å². The van der Waals surface area contributed by atoms with E-state index in [0.29, 0.717) is 11.8 Å². The van der Waals surface area contributed by atoms with Gasteiger partial charge in [0.25, 0.3) is 0 Å². The number of likely N-dealkylation sites (N-methyl/N-ethyl adjacent to an activating group) is 1. The number of hydrogen-bond donors (Lipinski definition) is 0. The molecular formula is C11H16N2. The Morgan fingerprint density at radius 3 is 3.00 bits per heavy atom. The van der Waals surface area contributed by atoms with E-state index in [-0.39, 0.29) is 0 Å². The van der Waals surface area contributed by atoms with Crippen LogP contribution in [0, 0.1) is 5.92 Å². The van der Waals surface area contributed by atoms with Gasteiger partial charge in [0.15, 0.2) is 0 Å². The summed E-state index contributed by atoms with van der Waals surface area (Å²) in [6.45, 7) is 5.69. The average Bonchev–Trinajstić information content (AvgIpc) is 2.45. The molecular weight excluding hydrogens is 160 g/mol. The lowest BCUT2D eigenvalue weighted by Gasteiger charge is -2.15. The van der Waals surface area contributed by atoms with Crippen LogP contribution in [-0.4, -0.2) is 18.6 Å². The van der Waals surface area contributed by atoms with Crippen LogP contribution in [0.15, 0.2) is 18.5 Å². The molecule has 1 aromatic heterocycles. The second kappa shape index (κ2) is 3.02. The molecule has 0 fully saturated rings. The minimum absolute atomic E-state index is 0.661. The largest absolute Gasteiger partial charge is 0.374 e. The van der Waals surface area contributed by atoms with Gasteiger partial charge in [-0.2, -0.15) is 0 Å². The van der Waals surface area contributed by atoms with E-state index in [1.54, 1.807) is 0 Å². The summed E-state index contributed by atoms with van der Waals surface area (Å²) in [5.41, 5.74) is 2.77. The first-order chi connectivity index (χ1) is 6.20. The summed E-state index contributed by atoms with van der Waals surface area (Å²) >= 11 is 0. The number of anilines is 1. The molecule has 1 aliphatic rings. The number of nitrogens with zero attached hydrogens (tertiary/aromatic N) is 2. The minimum Gasteiger partial charge on any atom is -0.374 e. The maximum absolute atomic E-state index is 4.20. The van der Waals surface area contributed by atoms with E-state index in [4.69, 9.17) is 0 Å². The second-order valence-electron chi connectivity index (χ2n) is 4.17. The molecule has 1 aliphatic heterocycles. The van der Waals surface area contributed by atoms with Crippen LogP contribution in [0.1, 0.15) is 25.3 Å². The predicted octanol–water partition coefficient (Wildman–Crippen LogP) is 2.27. The Morgan fingerprint density at radius 2 is 2.31 bits per heavy atom. The molecule has 2 heterocycles. The zero-order chi connectivity index (χ0) is 9.42. The van der Waals surface area contributed by atoms with Gasteiger partial charge in [0.05, 0.1) is 0 Å². The Labute approximate surface area is 79.6 Å². The topological polar surface area (TPSA) is 16.1 Å². The summed E-state index contributed by atoms with van der Waals surface area (Å²) in [4.78, 5) is 6.52. The third-order valence-electron chi connectivity index (χ3n) is 2.91. The van der Waals surface area contributed by atoms with E-state index in [0.717, 1.165) is 6.54 Å². The van der Waals surface area contributed by atoms with Gasteiger partial charge in [-0.3, -0.25) is 4.98 Å². The van der Waals surface area contributed by atoms with E-state index in [2.05, 4.69) is 36.8 Å². The molecule has 0 spiro atoms. The highest BCUT2D eigenvalue weighted by molar-refractivity contribution is 5.58. The smallest absolute Gasteiger partial charge is 0.0430 e. The fourth-order valence-electron chi connectivity index (χ4n) is 2.09. The van der Waals surface area contributed by atoms with Crippen LogP contribution in [-0.2, 0) is 0 Å². The summed E-state index contributed by atoms with van der Waals surface area (Å²) in [7, 11) is 2.15. The highest BCUT2D eigenvalue weighted by Crippen LogP contribution is 2.38. The third kappa shape index (κ3) is 1.30. The van der Waals surface area contributed by atoms with E-state index in [1.165, 1.54) is 11.3 Å². The first-order valence-electron chi connectivity index (χ1n) is 4.85. The monoisotopic (exact) mass is 176 g/mol. The number of rotatable bonds is 1. The van der Waals surface area contributed by atoms with Gasteiger partial charge < -0.3 is 4.90 Å². The van der Waals surface area contributed by atoms with Crippen LogP contribution < -0.4 is 4.90 Å². The number of pyridine rings is 1. The van der Waals surface area contributed by atoms with Crippen molar-refractivity contribution in [2.24, 2.45) is 5.92 Å². The minimum atomic E-state index is 0.661. The molecule has 1 atom stereocenters. The van der Waals surface area contributed by atoms with Gasteiger partial charge in [-0.05, 0) is 17.5 Å². The number of fused-ring (bicyclic) bond motifs is 1. The predicted molar refractivity (Wildman–Crippen MR) is 55.1 cm³/mol. The van der Waals surface area contributed by atoms with Gasteiger partial charge in [-0.1, -0.05) is 13.8 Å². The summed E-state index contributed by atoms with van der Waals surface area (Å²) in [6.07, 6.45) is 3.89. The fourth-order valence-corrected chi connectivity index (χ4v) is 2.09. The van der Waals surface area contributed by atoms with Gasteiger partial charge in [-0.15, -0.1) is 0 Å². The van der Waals surface area contributed by atoms with Crippen molar-refractivity contribution in [3.8, 4) is 0 Å². The van der Waals surface area contributed by atoms with Gasteiger partial charge in [0.1, 0.15) is 0 Å². The van der Waals surface area contributed by atoms with Crippen molar-refractivity contribution < 1.29 is 0 Å². The quantitative estimate of drug-likeness (QED) is 0.652. The van der Waals surface area contributed by atoms with Gasteiger partial charge in [0, 0.05) is 37.6 Å². The molecule has 0 radical (unpaired) electrons. The molecule has 0 bridgehead atoms. The molecule has 2 heteroatoms. The van der Waals surface area contributed by atoms with Crippen LogP contribution in [0.3, 0.4) is 0 Å². The van der Waals surface area contributed by atoms with Crippen LogP contribution >= 0.6 is 0 Å². The number of aromatic nitrogens is 1. The molecule has 0 saturated carbocycles.